The molecule has 0 bridgehead atoms. The summed E-state index contributed by atoms with van der Waals surface area (Å²) in [5.41, 5.74) is 5.21. The molecule has 0 aliphatic heterocycles. The summed E-state index contributed by atoms with van der Waals surface area (Å²) < 4.78 is 7.16. The Balaban J connectivity index is 1.60. The van der Waals surface area contributed by atoms with E-state index >= 15 is 0 Å². The van der Waals surface area contributed by atoms with Gasteiger partial charge in [0.05, 0.1) is 41.2 Å². The highest BCUT2D eigenvalue weighted by atomic mass is 16.5. The summed E-state index contributed by atoms with van der Waals surface area (Å²) in [5.74, 6) is 0.580. The molecule has 2 aromatic carbocycles. The third-order valence-corrected chi connectivity index (χ3v) is 5.51. The minimum absolute atomic E-state index is 0.0412. The van der Waals surface area contributed by atoms with Crippen molar-refractivity contribution in [3.05, 3.63) is 59.8 Å². The minimum atomic E-state index is -0.0412. The molecule has 1 fully saturated rings. The molecule has 4 aromatic rings. The molecule has 32 heavy (non-hydrogen) atoms. The summed E-state index contributed by atoms with van der Waals surface area (Å²) in [6.45, 7) is 1.11. The van der Waals surface area contributed by atoms with Gasteiger partial charge in [-0.05, 0) is 43.2 Å². The second-order valence-electron chi connectivity index (χ2n) is 7.82. The van der Waals surface area contributed by atoms with E-state index in [2.05, 4.69) is 21.7 Å². The van der Waals surface area contributed by atoms with Crippen LogP contribution in [0.4, 0.5) is 5.82 Å². The number of rotatable bonds is 7. The lowest BCUT2D eigenvalue weighted by molar-refractivity contribution is 0.0951. The van der Waals surface area contributed by atoms with Gasteiger partial charge in [-0.3, -0.25) is 9.20 Å². The second kappa shape index (κ2) is 8.29. The summed E-state index contributed by atoms with van der Waals surface area (Å²) >= 11 is 0. The standard InChI is InChI=1S/C24H22N6O2/c1-32-11-10-26-22-23-27-14-21(30(23)20-9-2-15(13-25)12-19(20)29-22)16-3-5-17(6-4-16)24(31)28-18-7-8-18/h2-6,9,12,14,18H,7-8,10-11H2,1H3,(H,26,29)(H,28,31). The second-order valence-corrected chi connectivity index (χ2v) is 7.82. The summed E-state index contributed by atoms with van der Waals surface area (Å²) in [6, 6.07) is 15.4. The molecule has 0 saturated heterocycles. The zero-order valence-corrected chi connectivity index (χ0v) is 17.6. The molecule has 0 spiro atoms. The van der Waals surface area contributed by atoms with Gasteiger partial charge in [0.15, 0.2) is 11.5 Å². The van der Waals surface area contributed by atoms with Crippen LogP contribution in [0.2, 0.25) is 0 Å². The van der Waals surface area contributed by atoms with Gasteiger partial charge in [0.25, 0.3) is 5.91 Å². The van der Waals surface area contributed by atoms with E-state index in [9.17, 15) is 10.1 Å². The average molecular weight is 426 g/mol. The topological polar surface area (TPSA) is 104 Å². The molecule has 1 aliphatic rings. The molecule has 0 unspecified atom stereocenters. The molecule has 2 aromatic heterocycles. The number of nitriles is 1. The van der Waals surface area contributed by atoms with Crippen molar-refractivity contribution in [3.63, 3.8) is 0 Å². The maximum Gasteiger partial charge on any atom is 0.251 e. The van der Waals surface area contributed by atoms with E-state index in [1.807, 2.05) is 34.7 Å². The Morgan fingerprint density at radius 1 is 1.25 bits per heavy atom. The molecule has 1 aliphatic carbocycles. The number of aromatic nitrogens is 3. The van der Waals surface area contributed by atoms with Crippen LogP contribution in [0.25, 0.3) is 27.9 Å². The molecule has 0 radical (unpaired) electrons. The molecule has 5 rings (SSSR count). The fourth-order valence-electron chi connectivity index (χ4n) is 3.69. The number of carbonyl (C=O) groups excluding carboxylic acids is 1. The zero-order valence-electron chi connectivity index (χ0n) is 17.6. The van der Waals surface area contributed by atoms with Crippen LogP contribution in [-0.4, -0.2) is 46.6 Å². The number of ether oxygens (including phenoxy) is 1. The summed E-state index contributed by atoms with van der Waals surface area (Å²) in [6.07, 6.45) is 3.91. The normalized spacial score (nSPS) is 13.2. The first-order valence-electron chi connectivity index (χ1n) is 10.5. The molecule has 0 atom stereocenters. The van der Waals surface area contributed by atoms with E-state index in [1.165, 1.54) is 0 Å². The highest BCUT2D eigenvalue weighted by molar-refractivity contribution is 5.95. The maximum atomic E-state index is 12.3. The van der Waals surface area contributed by atoms with Crippen LogP contribution in [-0.2, 0) is 4.74 Å². The highest BCUT2D eigenvalue weighted by Crippen LogP contribution is 2.29. The van der Waals surface area contributed by atoms with Crippen LogP contribution in [0.15, 0.2) is 48.7 Å². The lowest BCUT2D eigenvalue weighted by Crippen LogP contribution is -2.25. The van der Waals surface area contributed by atoms with Crippen molar-refractivity contribution in [3.8, 4) is 17.3 Å². The van der Waals surface area contributed by atoms with Crippen LogP contribution in [0.5, 0.6) is 0 Å². The van der Waals surface area contributed by atoms with Gasteiger partial charge >= 0.3 is 0 Å². The van der Waals surface area contributed by atoms with Crippen LogP contribution >= 0.6 is 0 Å². The smallest absolute Gasteiger partial charge is 0.251 e. The first-order valence-corrected chi connectivity index (χ1v) is 10.5. The van der Waals surface area contributed by atoms with E-state index in [-0.39, 0.29) is 5.91 Å². The van der Waals surface area contributed by atoms with Crippen molar-refractivity contribution in [1.29, 1.82) is 5.26 Å². The third kappa shape index (κ3) is 3.74. The van der Waals surface area contributed by atoms with E-state index < -0.39 is 0 Å². The molecular weight excluding hydrogens is 404 g/mol. The van der Waals surface area contributed by atoms with Crippen LogP contribution < -0.4 is 10.6 Å². The first-order chi connectivity index (χ1) is 15.7. The fourth-order valence-corrected chi connectivity index (χ4v) is 3.69. The SMILES string of the molecule is COCCNc1nc2cc(C#N)ccc2n2c(-c3ccc(C(=O)NC4CC4)cc3)cnc12. The van der Waals surface area contributed by atoms with Crippen molar-refractivity contribution in [1.82, 2.24) is 19.7 Å². The van der Waals surface area contributed by atoms with Gasteiger partial charge in [0.2, 0.25) is 0 Å². The van der Waals surface area contributed by atoms with Crippen molar-refractivity contribution < 1.29 is 9.53 Å². The quantitative estimate of drug-likeness (QED) is 0.439. The molecule has 1 amide bonds. The monoisotopic (exact) mass is 426 g/mol. The number of amides is 1. The predicted molar refractivity (Wildman–Crippen MR) is 121 cm³/mol. The predicted octanol–water partition coefficient (Wildman–Crippen LogP) is 3.37. The van der Waals surface area contributed by atoms with Crippen LogP contribution in [0.3, 0.4) is 0 Å². The van der Waals surface area contributed by atoms with Crippen molar-refractivity contribution in [2.24, 2.45) is 0 Å². The van der Waals surface area contributed by atoms with Crippen molar-refractivity contribution >= 4 is 28.4 Å². The number of benzene rings is 2. The number of hydrogen-bond acceptors (Lipinski definition) is 6. The Morgan fingerprint density at radius 3 is 2.78 bits per heavy atom. The van der Waals surface area contributed by atoms with Gasteiger partial charge in [-0.1, -0.05) is 12.1 Å². The van der Waals surface area contributed by atoms with E-state index in [0.717, 1.165) is 29.6 Å². The van der Waals surface area contributed by atoms with Crippen LogP contribution in [0.1, 0.15) is 28.8 Å². The number of carbonyl (C=O) groups is 1. The highest BCUT2D eigenvalue weighted by Gasteiger charge is 2.24. The van der Waals surface area contributed by atoms with Gasteiger partial charge in [-0.25, -0.2) is 9.97 Å². The number of nitrogens with zero attached hydrogens (tertiary/aromatic N) is 4. The van der Waals surface area contributed by atoms with E-state index in [0.29, 0.717) is 47.3 Å². The lowest BCUT2D eigenvalue weighted by atomic mass is 10.1. The van der Waals surface area contributed by atoms with Gasteiger partial charge in [0.1, 0.15) is 0 Å². The first kappa shape index (κ1) is 20.0. The molecule has 160 valence electrons. The number of hydrogen-bond donors (Lipinski definition) is 2. The largest absolute Gasteiger partial charge is 0.383 e. The summed E-state index contributed by atoms with van der Waals surface area (Å²) in [7, 11) is 1.65. The Bertz CT molecular complexity index is 1350. The lowest BCUT2D eigenvalue weighted by Gasteiger charge is -2.12. The Kier molecular flexibility index (Phi) is 5.17. The van der Waals surface area contributed by atoms with E-state index in [4.69, 9.17) is 9.72 Å². The van der Waals surface area contributed by atoms with Crippen LogP contribution in [0, 0.1) is 11.3 Å². The van der Waals surface area contributed by atoms with Crippen molar-refractivity contribution in [2.75, 3.05) is 25.6 Å². The number of methoxy groups -OCH3 is 1. The number of imidazole rings is 1. The molecule has 2 heterocycles. The maximum absolute atomic E-state index is 12.3. The zero-order chi connectivity index (χ0) is 22.1. The van der Waals surface area contributed by atoms with E-state index in [1.54, 1.807) is 25.4 Å². The molecular formula is C24H22N6O2. The molecule has 8 nitrogen and oxygen atoms in total. The van der Waals surface area contributed by atoms with Gasteiger partial charge < -0.3 is 15.4 Å². The Hall–Kier alpha value is -3.96. The van der Waals surface area contributed by atoms with Gasteiger partial charge in [-0.2, -0.15) is 5.26 Å². The average Bonchev–Trinajstić information content (AvgIpc) is 3.52. The number of nitrogens with one attached hydrogen (secondary N) is 2. The molecule has 1 saturated carbocycles. The fraction of sp³-hybridized carbons (Fsp3) is 0.250. The van der Waals surface area contributed by atoms with Gasteiger partial charge in [0, 0.05) is 30.8 Å². The Labute approximate surface area is 184 Å². The number of anilines is 1. The number of fused-ring (bicyclic) bond motifs is 3. The molecule has 2 N–H and O–H groups in total. The summed E-state index contributed by atoms with van der Waals surface area (Å²) in [4.78, 5) is 21.7. The third-order valence-electron chi connectivity index (χ3n) is 5.51. The van der Waals surface area contributed by atoms with Crippen molar-refractivity contribution in [2.45, 2.75) is 18.9 Å². The summed E-state index contributed by atoms with van der Waals surface area (Å²) in [5, 5.41) is 15.6. The molecule has 8 heteroatoms. The van der Waals surface area contributed by atoms with Gasteiger partial charge in [-0.15, -0.1) is 0 Å². The Morgan fingerprint density at radius 2 is 2.06 bits per heavy atom. The minimum Gasteiger partial charge on any atom is -0.383 e.